The maximum absolute atomic E-state index is 11.9. The Morgan fingerprint density at radius 2 is 2.06 bits per heavy atom. The van der Waals surface area contributed by atoms with Crippen molar-refractivity contribution in [2.45, 2.75) is 20.4 Å². The van der Waals surface area contributed by atoms with Crippen molar-refractivity contribution in [2.75, 3.05) is 6.61 Å². The van der Waals surface area contributed by atoms with Gasteiger partial charge in [0.05, 0.1) is 18.6 Å². The van der Waals surface area contributed by atoms with Crippen LogP contribution in [0.1, 0.15) is 19.4 Å². The lowest BCUT2D eigenvalue weighted by molar-refractivity contribution is -0.165. The van der Waals surface area contributed by atoms with Gasteiger partial charge in [0.25, 0.3) is 5.91 Å². The Labute approximate surface area is 112 Å². The molecule has 3 nitrogen and oxygen atoms in total. The molecule has 1 saturated heterocycles. The van der Waals surface area contributed by atoms with Crippen LogP contribution in [0.2, 0.25) is 5.02 Å². The smallest absolute Gasteiger partial charge is 0.254 e. The molecule has 0 radical (unpaired) electrons. The van der Waals surface area contributed by atoms with Gasteiger partial charge in [-0.3, -0.25) is 9.63 Å². The van der Waals surface area contributed by atoms with Gasteiger partial charge >= 0.3 is 0 Å². The van der Waals surface area contributed by atoms with E-state index in [2.05, 4.69) is 0 Å². The molecule has 17 heavy (non-hydrogen) atoms. The predicted octanol–water partition coefficient (Wildman–Crippen LogP) is 3.06. The van der Waals surface area contributed by atoms with E-state index >= 15 is 0 Å². The zero-order valence-electron chi connectivity index (χ0n) is 9.77. The minimum atomic E-state index is -0.429. The normalized spacial score (nSPS) is 18.1. The van der Waals surface area contributed by atoms with Crippen molar-refractivity contribution in [1.29, 1.82) is 0 Å². The molecule has 0 N–H and O–H groups in total. The van der Waals surface area contributed by atoms with Gasteiger partial charge in [0, 0.05) is 5.02 Å². The van der Waals surface area contributed by atoms with Gasteiger partial charge in [-0.15, -0.1) is 12.4 Å². The second kappa shape index (κ2) is 5.25. The topological polar surface area (TPSA) is 29.5 Å². The minimum Gasteiger partial charge on any atom is -0.272 e. The largest absolute Gasteiger partial charge is 0.272 e. The highest BCUT2D eigenvalue weighted by molar-refractivity contribution is 6.31. The molecule has 0 saturated carbocycles. The van der Waals surface area contributed by atoms with E-state index in [1.165, 1.54) is 5.06 Å². The summed E-state index contributed by atoms with van der Waals surface area (Å²) < 4.78 is 0. The monoisotopic (exact) mass is 275 g/mol. The van der Waals surface area contributed by atoms with Gasteiger partial charge in [0.15, 0.2) is 0 Å². The summed E-state index contributed by atoms with van der Waals surface area (Å²) in [5, 5.41) is 2.05. The van der Waals surface area contributed by atoms with Crippen LogP contribution in [0.25, 0.3) is 0 Å². The van der Waals surface area contributed by atoms with Crippen molar-refractivity contribution in [1.82, 2.24) is 5.06 Å². The van der Waals surface area contributed by atoms with E-state index in [9.17, 15) is 4.79 Å². The summed E-state index contributed by atoms with van der Waals surface area (Å²) in [4.78, 5) is 17.3. The van der Waals surface area contributed by atoms with Crippen LogP contribution < -0.4 is 0 Å². The first kappa shape index (κ1) is 14.3. The van der Waals surface area contributed by atoms with Gasteiger partial charge in [-0.05, 0) is 25.5 Å². The first-order valence-electron chi connectivity index (χ1n) is 5.19. The van der Waals surface area contributed by atoms with E-state index in [0.29, 0.717) is 18.2 Å². The Bertz CT molecular complexity index is 421. The molecule has 5 heteroatoms. The number of hydrogen-bond acceptors (Lipinski definition) is 2. The molecule has 1 fully saturated rings. The lowest BCUT2D eigenvalue weighted by Gasteiger charge is -2.16. The molecule has 1 aliphatic rings. The molecule has 0 spiro atoms. The van der Waals surface area contributed by atoms with Crippen molar-refractivity contribution in [3.05, 3.63) is 34.9 Å². The summed E-state index contributed by atoms with van der Waals surface area (Å²) in [6.07, 6.45) is 0. The van der Waals surface area contributed by atoms with E-state index in [0.717, 1.165) is 5.56 Å². The first-order valence-corrected chi connectivity index (χ1v) is 5.57. The summed E-state index contributed by atoms with van der Waals surface area (Å²) in [7, 11) is 0. The lowest BCUT2D eigenvalue weighted by atomic mass is 9.95. The molecule has 0 aromatic heterocycles. The summed E-state index contributed by atoms with van der Waals surface area (Å²) >= 11 is 6.03. The Morgan fingerprint density at radius 1 is 1.41 bits per heavy atom. The van der Waals surface area contributed by atoms with Gasteiger partial charge in [-0.25, -0.2) is 5.06 Å². The average Bonchev–Trinajstić information content (AvgIpc) is 2.49. The number of hydrogen-bond donors (Lipinski definition) is 0. The first-order chi connectivity index (χ1) is 7.50. The van der Waals surface area contributed by atoms with Crippen molar-refractivity contribution < 1.29 is 9.63 Å². The standard InChI is InChI=1S/C12H14ClNO2.ClH/c1-12(2)8-16-14(11(12)15)7-9-5-3-4-6-10(9)13;/h3-6H,7-8H2,1-2H3;1H. The van der Waals surface area contributed by atoms with Crippen molar-refractivity contribution >= 4 is 29.9 Å². The van der Waals surface area contributed by atoms with Crippen LogP contribution in [0.4, 0.5) is 0 Å². The van der Waals surface area contributed by atoms with E-state index in [1.807, 2.05) is 38.1 Å². The fourth-order valence-corrected chi connectivity index (χ4v) is 1.79. The molecule has 94 valence electrons. The molecule has 2 rings (SSSR count). The molecule has 0 atom stereocenters. The Balaban J connectivity index is 0.00000144. The summed E-state index contributed by atoms with van der Waals surface area (Å²) in [5.41, 5.74) is 0.469. The number of benzene rings is 1. The van der Waals surface area contributed by atoms with E-state index in [4.69, 9.17) is 16.4 Å². The molecule has 1 aliphatic heterocycles. The number of carbonyl (C=O) groups excluding carboxylic acids is 1. The molecular formula is C12H15Cl2NO2. The maximum atomic E-state index is 11.9. The zero-order valence-corrected chi connectivity index (χ0v) is 11.3. The number of nitrogens with zero attached hydrogens (tertiary/aromatic N) is 1. The predicted molar refractivity (Wildman–Crippen MR) is 69.0 cm³/mol. The third kappa shape index (κ3) is 2.92. The molecule has 1 heterocycles. The molecule has 1 amide bonds. The van der Waals surface area contributed by atoms with Crippen LogP contribution in [0.5, 0.6) is 0 Å². The highest BCUT2D eigenvalue weighted by Crippen LogP contribution is 2.29. The van der Waals surface area contributed by atoms with E-state index in [-0.39, 0.29) is 18.3 Å². The second-order valence-electron chi connectivity index (χ2n) is 4.59. The Kier molecular flexibility index (Phi) is 4.42. The van der Waals surface area contributed by atoms with Crippen molar-refractivity contribution in [2.24, 2.45) is 5.41 Å². The summed E-state index contributed by atoms with van der Waals surface area (Å²) in [5.74, 6) is 0.00687. The van der Waals surface area contributed by atoms with Gasteiger partial charge in [0.1, 0.15) is 0 Å². The molecule has 1 aromatic rings. The molecule has 0 unspecified atom stereocenters. The molecule has 0 aliphatic carbocycles. The molecular weight excluding hydrogens is 261 g/mol. The van der Waals surface area contributed by atoms with Crippen LogP contribution in [0.3, 0.4) is 0 Å². The van der Waals surface area contributed by atoms with Crippen LogP contribution >= 0.6 is 24.0 Å². The number of halogens is 2. The van der Waals surface area contributed by atoms with Gasteiger partial charge in [-0.2, -0.15) is 0 Å². The Morgan fingerprint density at radius 3 is 2.59 bits per heavy atom. The number of hydroxylamine groups is 2. The average molecular weight is 276 g/mol. The van der Waals surface area contributed by atoms with Crippen LogP contribution in [-0.4, -0.2) is 17.6 Å². The minimum absolute atomic E-state index is 0. The number of carbonyl (C=O) groups is 1. The van der Waals surface area contributed by atoms with Crippen LogP contribution in [0, 0.1) is 5.41 Å². The van der Waals surface area contributed by atoms with Crippen molar-refractivity contribution in [3.63, 3.8) is 0 Å². The number of amides is 1. The fraction of sp³-hybridized carbons (Fsp3) is 0.417. The van der Waals surface area contributed by atoms with E-state index < -0.39 is 5.41 Å². The maximum Gasteiger partial charge on any atom is 0.254 e. The van der Waals surface area contributed by atoms with Crippen molar-refractivity contribution in [3.8, 4) is 0 Å². The fourth-order valence-electron chi connectivity index (χ4n) is 1.60. The highest BCUT2D eigenvalue weighted by Gasteiger charge is 2.40. The van der Waals surface area contributed by atoms with Crippen LogP contribution in [-0.2, 0) is 16.2 Å². The third-order valence-electron chi connectivity index (χ3n) is 2.66. The van der Waals surface area contributed by atoms with E-state index in [1.54, 1.807) is 0 Å². The molecule has 0 bridgehead atoms. The van der Waals surface area contributed by atoms with Gasteiger partial charge in [-0.1, -0.05) is 29.8 Å². The quantitative estimate of drug-likeness (QED) is 0.830. The highest BCUT2D eigenvalue weighted by atomic mass is 35.5. The van der Waals surface area contributed by atoms with Crippen LogP contribution in [0.15, 0.2) is 24.3 Å². The van der Waals surface area contributed by atoms with Gasteiger partial charge in [0.2, 0.25) is 0 Å². The third-order valence-corrected chi connectivity index (χ3v) is 3.03. The second-order valence-corrected chi connectivity index (χ2v) is 5.00. The lowest BCUT2D eigenvalue weighted by Crippen LogP contribution is -2.30. The zero-order chi connectivity index (χ0) is 11.8. The summed E-state index contributed by atoms with van der Waals surface area (Å²) in [6.45, 7) is 4.59. The Hall–Kier alpha value is -0.770. The SMILES string of the molecule is CC1(C)CON(Cc2ccccc2Cl)C1=O.Cl. The molecule has 1 aromatic carbocycles. The summed E-state index contributed by atoms with van der Waals surface area (Å²) in [6, 6.07) is 7.46. The number of rotatable bonds is 2. The van der Waals surface area contributed by atoms with Gasteiger partial charge < -0.3 is 0 Å².